The number of aliphatic hydroxyl groups is 1. The van der Waals surface area contributed by atoms with E-state index in [0.717, 1.165) is 50.5 Å². The van der Waals surface area contributed by atoms with Gasteiger partial charge in [-0.05, 0) is 146 Å². The SMILES string of the molecule is COC(=O)c1ccc(CNC(=O)c2cccc(CCNC(=O)C34CCCC3C3CCC5C6(C)CCC(O)C(C)(C)C6CCC5(C)[C@]3(C)CC4)c2)nc1. The second-order valence-electron chi connectivity index (χ2n) is 18.6. The maximum absolute atomic E-state index is 14.3. The fourth-order valence-corrected chi connectivity index (χ4v) is 13.4. The number of carbonyl (C=O) groups excluding carboxylic acids is 3. The molecule has 1 aromatic carbocycles. The summed E-state index contributed by atoms with van der Waals surface area (Å²) in [6.45, 7) is 13.3. The Hall–Kier alpha value is -3.26. The molecule has 2 aromatic rings. The molecule has 8 heteroatoms. The number of hydrogen-bond acceptors (Lipinski definition) is 6. The second kappa shape index (κ2) is 13.5. The van der Waals surface area contributed by atoms with Gasteiger partial charge in [0.05, 0.1) is 36.4 Å². The minimum absolute atomic E-state index is 0.0367. The number of methoxy groups -OCH3 is 1. The van der Waals surface area contributed by atoms with Crippen LogP contribution in [0.15, 0.2) is 42.6 Å². The molecule has 0 spiro atoms. The van der Waals surface area contributed by atoms with E-state index in [1.165, 1.54) is 39.0 Å². The maximum Gasteiger partial charge on any atom is 0.339 e. The molecule has 2 amide bonds. The number of nitrogens with one attached hydrogen (secondary N) is 2. The zero-order chi connectivity index (χ0) is 37.1. The normalized spacial score (nSPS) is 37.4. The molecule has 5 aliphatic rings. The third kappa shape index (κ3) is 5.81. The van der Waals surface area contributed by atoms with Crippen LogP contribution in [0.1, 0.15) is 137 Å². The molecule has 8 nitrogen and oxygen atoms in total. The molecule has 1 heterocycles. The molecule has 282 valence electrons. The quantitative estimate of drug-likeness (QED) is 0.242. The van der Waals surface area contributed by atoms with Gasteiger partial charge in [0.15, 0.2) is 0 Å². The summed E-state index contributed by atoms with van der Waals surface area (Å²) in [6.07, 6.45) is 14.3. The number of nitrogens with zero attached hydrogens (tertiary/aromatic N) is 1. The van der Waals surface area contributed by atoms with Crippen LogP contribution in [0.5, 0.6) is 0 Å². The van der Waals surface area contributed by atoms with Crippen molar-refractivity contribution in [1.29, 1.82) is 0 Å². The molecule has 0 aliphatic heterocycles. The highest BCUT2D eigenvalue weighted by Crippen LogP contribution is 2.76. The van der Waals surface area contributed by atoms with Crippen molar-refractivity contribution in [2.75, 3.05) is 13.7 Å². The number of hydrogen-bond donors (Lipinski definition) is 3. The fraction of sp³-hybridized carbons (Fsp3) is 0.682. The Morgan fingerprint density at radius 1 is 0.827 bits per heavy atom. The van der Waals surface area contributed by atoms with Gasteiger partial charge < -0.3 is 20.5 Å². The smallest absolute Gasteiger partial charge is 0.339 e. The number of pyridine rings is 1. The Kier molecular flexibility index (Phi) is 9.66. The highest BCUT2D eigenvalue weighted by atomic mass is 16.5. The van der Waals surface area contributed by atoms with E-state index < -0.39 is 5.97 Å². The van der Waals surface area contributed by atoms with Gasteiger partial charge >= 0.3 is 5.97 Å². The summed E-state index contributed by atoms with van der Waals surface area (Å²) >= 11 is 0. The number of amides is 2. The van der Waals surface area contributed by atoms with Crippen molar-refractivity contribution in [1.82, 2.24) is 15.6 Å². The van der Waals surface area contributed by atoms with Crippen molar-refractivity contribution < 1.29 is 24.2 Å². The van der Waals surface area contributed by atoms with Crippen LogP contribution in [0, 0.1) is 50.7 Å². The molecular weight excluding hydrogens is 650 g/mol. The van der Waals surface area contributed by atoms with Crippen LogP contribution in [0.4, 0.5) is 0 Å². The summed E-state index contributed by atoms with van der Waals surface area (Å²) in [5.41, 5.74) is 3.03. The van der Waals surface area contributed by atoms with Gasteiger partial charge in [-0.15, -0.1) is 0 Å². The molecule has 8 unspecified atom stereocenters. The second-order valence-corrected chi connectivity index (χ2v) is 18.6. The van der Waals surface area contributed by atoms with E-state index in [0.29, 0.717) is 53.5 Å². The Morgan fingerprint density at radius 3 is 2.38 bits per heavy atom. The average Bonchev–Trinajstić information content (AvgIpc) is 3.58. The molecule has 3 N–H and O–H groups in total. The Bertz CT molecular complexity index is 1690. The van der Waals surface area contributed by atoms with Gasteiger partial charge in [0.1, 0.15) is 0 Å². The molecule has 0 saturated heterocycles. The summed E-state index contributed by atoms with van der Waals surface area (Å²) in [7, 11) is 1.33. The highest BCUT2D eigenvalue weighted by Gasteiger charge is 2.70. The molecular formula is C44H61N3O5. The molecule has 1 aromatic heterocycles. The number of aliphatic hydroxyl groups excluding tert-OH is 1. The van der Waals surface area contributed by atoms with Gasteiger partial charge in [-0.1, -0.05) is 53.2 Å². The monoisotopic (exact) mass is 711 g/mol. The van der Waals surface area contributed by atoms with Gasteiger partial charge in [-0.2, -0.15) is 0 Å². The molecule has 0 radical (unpaired) electrons. The first-order valence-corrected chi connectivity index (χ1v) is 20.1. The van der Waals surface area contributed by atoms with E-state index in [2.05, 4.69) is 50.2 Å². The van der Waals surface area contributed by atoms with Gasteiger partial charge in [0.2, 0.25) is 5.91 Å². The lowest BCUT2D eigenvalue weighted by molar-refractivity contribution is -0.244. The molecule has 0 bridgehead atoms. The summed E-state index contributed by atoms with van der Waals surface area (Å²) in [5, 5.41) is 17.4. The zero-order valence-corrected chi connectivity index (χ0v) is 32.4. The maximum atomic E-state index is 14.3. The molecule has 52 heavy (non-hydrogen) atoms. The van der Waals surface area contributed by atoms with Crippen LogP contribution in [0.25, 0.3) is 0 Å². The Morgan fingerprint density at radius 2 is 1.63 bits per heavy atom. The molecule has 7 rings (SSSR count). The van der Waals surface area contributed by atoms with Crippen LogP contribution in [-0.2, 0) is 22.5 Å². The minimum Gasteiger partial charge on any atom is -0.465 e. The van der Waals surface area contributed by atoms with E-state index >= 15 is 0 Å². The number of benzene rings is 1. The first-order chi connectivity index (χ1) is 24.7. The summed E-state index contributed by atoms with van der Waals surface area (Å²) in [4.78, 5) is 43.2. The highest BCUT2D eigenvalue weighted by molar-refractivity contribution is 5.94. The van der Waals surface area contributed by atoms with Gasteiger partial charge in [-0.3, -0.25) is 14.6 Å². The lowest BCUT2D eigenvalue weighted by Crippen LogP contribution is -2.67. The van der Waals surface area contributed by atoms with Crippen LogP contribution >= 0.6 is 0 Å². The third-order valence-corrected chi connectivity index (χ3v) is 16.4. The van der Waals surface area contributed by atoms with E-state index in [-0.39, 0.29) is 51.5 Å². The predicted molar refractivity (Wildman–Crippen MR) is 201 cm³/mol. The lowest BCUT2D eigenvalue weighted by atomic mass is 9.32. The van der Waals surface area contributed by atoms with Gasteiger partial charge in [-0.25, -0.2) is 4.79 Å². The third-order valence-electron chi connectivity index (χ3n) is 16.4. The largest absolute Gasteiger partial charge is 0.465 e. The topological polar surface area (TPSA) is 118 Å². The van der Waals surface area contributed by atoms with Crippen molar-refractivity contribution in [2.45, 2.75) is 124 Å². The minimum atomic E-state index is -0.448. The van der Waals surface area contributed by atoms with Gasteiger partial charge in [0.25, 0.3) is 5.91 Å². The summed E-state index contributed by atoms with van der Waals surface area (Å²) < 4.78 is 4.72. The van der Waals surface area contributed by atoms with E-state index in [4.69, 9.17) is 4.74 Å². The lowest BCUT2D eigenvalue weighted by Gasteiger charge is -2.72. The number of rotatable bonds is 8. The van der Waals surface area contributed by atoms with Gasteiger partial charge in [0, 0.05) is 18.3 Å². The Labute approximate surface area is 310 Å². The number of carbonyl (C=O) groups is 3. The molecule has 5 aliphatic carbocycles. The first-order valence-electron chi connectivity index (χ1n) is 20.1. The van der Waals surface area contributed by atoms with Crippen LogP contribution in [0.3, 0.4) is 0 Å². The van der Waals surface area contributed by atoms with Crippen molar-refractivity contribution in [3.8, 4) is 0 Å². The van der Waals surface area contributed by atoms with E-state index in [1.54, 1.807) is 18.2 Å². The van der Waals surface area contributed by atoms with Crippen LogP contribution in [-0.4, -0.2) is 47.6 Å². The molecule has 9 atom stereocenters. The zero-order valence-electron chi connectivity index (χ0n) is 32.4. The first kappa shape index (κ1) is 37.1. The molecule has 5 fully saturated rings. The summed E-state index contributed by atoms with van der Waals surface area (Å²) in [6, 6.07) is 10.9. The average molecular weight is 712 g/mol. The van der Waals surface area contributed by atoms with Crippen LogP contribution < -0.4 is 10.6 Å². The van der Waals surface area contributed by atoms with E-state index in [1.807, 2.05) is 18.2 Å². The van der Waals surface area contributed by atoms with Crippen molar-refractivity contribution in [3.05, 3.63) is 65.0 Å². The van der Waals surface area contributed by atoms with Crippen LogP contribution in [0.2, 0.25) is 0 Å². The van der Waals surface area contributed by atoms with Crippen molar-refractivity contribution >= 4 is 17.8 Å². The fourth-order valence-electron chi connectivity index (χ4n) is 13.4. The number of aromatic nitrogens is 1. The van der Waals surface area contributed by atoms with Crippen molar-refractivity contribution in [2.24, 2.45) is 50.7 Å². The van der Waals surface area contributed by atoms with E-state index in [9.17, 15) is 19.5 Å². The standard InChI is InChI=1S/C44H61N3O5/c1-40(2)34-16-21-43(5)35(41(34,3)20-17-36(40)48)15-14-32-33-11-8-19-44(33,23-22-42(32,43)4)39(51)45-24-18-28-9-7-10-29(25-28)37(49)47-27-31-13-12-30(26-46-31)38(50)52-6/h7,9-10,12-13,25-26,32-36,48H,8,11,14-24,27H2,1-6H3,(H,45,51)(H,47,49)/t32?,33?,34?,35?,36?,41?,42-,43?,44?/m1/s1. The number of fused-ring (bicyclic) bond motifs is 7. The number of ether oxygens (including phenoxy) is 1. The Balaban J connectivity index is 0.978. The summed E-state index contributed by atoms with van der Waals surface area (Å²) in [5.74, 6) is 1.86. The number of esters is 1. The van der Waals surface area contributed by atoms with Crippen molar-refractivity contribution in [3.63, 3.8) is 0 Å². The predicted octanol–water partition coefficient (Wildman–Crippen LogP) is 7.67. The molecule has 5 saturated carbocycles.